The molecule has 1 aromatic heterocycles. The first-order valence-corrected chi connectivity index (χ1v) is 9.02. The van der Waals surface area contributed by atoms with Crippen LogP contribution < -0.4 is 14.8 Å². The molecule has 0 radical (unpaired) electrons. The number of H-pyrrole nitrogens is 1. The summed E-state index contributed by atoms with van der Waals surface area (Å²) >= 11 is 5.28. The van der Waals surface area contributed by atoms with E-state index < -0.39 is 0 Å². The number of hydrogen-bond acceptors (Lipinski definition) is 5. The maximum absolute atomic E-state index is 12.5. The standard InChI is InChI=1S/C18H20N4O3S/c1-24-14-4-2-3-12-9-13(10-25-15(12)14)17(23)19-7-8-22-16(11-5-6-11)20-21-18(22)26/h2-4,9,11H,5-8,10H2,1H3,(H,19,23)(H,21,26). The van der Waals surface area contributed by atoms with Crippen LogP contribution in [0.5, 0.6) is 11.5 Å². The third-order valence-electron chi connectivity index (χ3n) is 4.57. The molecule has 26 heavy (non-hydrogen) atoms. The van der Waals surface area contributed by atoms with Crippen LogP contribution in [0.25, 0.3) is 6.08 Å². The average Bonchev–Trinajstić information content (AvgIpc) is 3.44. The van der Waals surface area contributed by atoms with Crippen molar-refractivity contribution in [2.75, 3.05) is 20.3 Å². The number of nitrogens with one attached hydrogen (secondary N) is 2. The lowest BCUT2D eigenvalue weighted by Gasteiger charge is -2.19. The predicted octanol–water partition coefficient (Wildman–Crippen LogP) is 2.42. The summed E-state index contributed by atoms with van der Waals surface area (Å²) in [6.45, 7) is 1.30. The largest absolute Gasteiger partial charge is 0.493 e. The first-order chi connectivity index (χ1) is 12.7. The van der Waals surface area contributed by atoms with Crippen LogP contribution in [0.4, 0.5) is 0 Å². The Morgan fingerprint density at radius 3 is 3.12 bits per heavy atom. The van der Waals surface area contributed by atoms with Crippen LogP contribution in [0.3, 0.4) is 0 Å². The molecule has 2 heterocycles. The van der Waals surface area contributed by atoms with Crippen molar-refractivity contribution in [3.63, 3.8) is 0 Å². The van der Waals surface area contributed by atoms with E-state index in [9.17, 15) is 4.79 Å². The van der Waals surface area contributed by atoms with Gasteiger partial charge in [0.1, 0.15) is 12.4 Å². The quantitative estimate of drug-likeness (QED) is 0.761. The van der Waals surface area contributed by atoms with Crippen LogP contribution in [0.2, 0.25) is 0 Å². The van der Waals surface area contributed by atoms with Gasteiger partial charge < -0.3 is 19.4 Å². The summed E-state index contributed by atoms with van der Waals surface area (Å²) in [6, 6.07) is 5.61. The molecule has 1 fully saturated rings. The third-order valence-corrected chi connectivity index (χ3v) is 4.89. The lowest BCUT2D eigenvalue weighted by molar-refractivity contribution is -0.117. The monoisotopic (exact) mass is 372 g/mol. The van der Waals surface area contributed by atoms with Gasteiger partial charge in [-0.3, -0.25) is 9.89 Å². The van der Waals surface area contributed by atoms with Crippen LogP contribution in [0.1, 0.15) is 30.1 Å². The molecule has 2 aromatic rings. The second kappa shape index (κ2) is 6.95. The van der Waals surface area contributed by atoms with Gasteiger partial charge in [-0.15, -0.1) is 0 Å². The van der Waals surface area contributed by atoms with Crippen LogP contribution in [-0.2, 0) is 11.3 Å². The van der Waals surface area contributed by atoms with Gasteiger partial charge in [-0.25, -0.2) is 0 Å². The van der Waals surface area contributed by atoms with Gasteiger partial charge in [0.15, 0.2) is 16.3 Å². The van der Waals surface area contributed by atoms with Crippen molar-refractivity contribution in [3.05, 3.63) is 39.9 Å². The summed E-state index contributed by atoms with van der Waals surface area (Å²) < 4.78 is 13.6. The van der Waals surface area contributed by atoms with E-state index in [1.54, 1.807) is 7.11 Å². The van der Waals surface area contributed by atoms with Gasteiger partial charge in [0.2, 0.25) is 0 Å². The lowest BCUT2D eigenvalue weighted by atomic mass is 10.1. The topological polar surface area (TPSA) is 81.2 Å². The van der Waals surface area contributed by atoms with E-state index in [2.05, 4.69) is 15.5 Å². The van der Waals surface area contributed by atoms with Crippen molar-refractivity contribution in [1.82, 2.24) is 20.1 Å². The first kappa shape index (κ1) is 16.8. The summed E-state index contributed by atoms with van der Waals surface area (Å²) in [4.78, 5) is 12.5. The van der Waals surface area contributed by atoms with E-state index in [4.69, 9.17) is 21.7 Å². The molecule has 1 saturated carbocycles. The number of ether oxygens (including phenoxy) is 2. The average molecular weight is 372 g/mol. The fraction of sp³-hybridized carbons (Fsp3) is 0.389. The number of benzene rings is 1. The number of nitrogens with zero attached hydrogens (tertiary/aromatic N) is 2. The minimum absolute atomic E-state index is 0.138. The van der Waals surface area contributed by atoms with Crippen molar-refractivity contribution in [2.45, 2.75) is 25.3 Å². The number of para-hydroxylation sites is 1. The lowest BCUT2D eigenvalue weighted by Crippen LogP contribution is -2.31. The molecule has 2 N–H and O–H groups in total. The molecular formula is C18H20N4O3S. The van der Waals surface area contributed by atoms with E-state index >= 15 is 0 Å². The van der Waals surface area contributed by atoms with Crippen molar-refractivity contribution < 1.29 is 14.3 Å². The van der Waals surface area contributed by atoms with Gasteiger partial charge >= 0.3 is 0 Å². The molecule has 136 valence electrons. The van der Waals surface area contributed by atoms with Gasteiger partial charge in [0.25, 0.3) is 5.91 Å². The maximum atomic E-state index is 12.5. The molecule has 0 bridgehead atoms. The van der Waals surface area contributed by atoms with Crippen LogP contribution in [0, 0.1) is 4.77 Å². The zero-order valence-electron chi connectivity index (χ0n) is 14.4. The molecule has 0 saturated heterocycles. The highest BCUT2D eigenvalue weighted by atomic mass is 32.1. The fourth-order valence-electron chi connectivity index (χ4n) is 3.07. The van der Waals surface area contributed by atoms with Gasteiger partial charge in [0.05, 0.1) is 12.7 Å². The number of carbonyl (C=O) groups is 1. The molecule has 1 aliphatic carbocycles. The van der Waals surface area contributed by atoms with Gasteiger partial charge in [-0.2, -0.15) is 5.10 Å². The molecule has 1 aliphatic heterocycles. The molecule has 0 unspecified atom stereocenters. The number of hydrogen-bond donors (Lipinski definition) is 2. The highest BCUT2D eigenvalue weighted by molar-refractivity contribution is 7.71. The van der Waals surface area contributed by atoms with Crippen molar-refractivity contribution in [1.29, 1.82) is 0 Å². The molecule has 2 aliphatic rings. The van der Waals surface area contributed by atoms with Gasteiger partial charge in [-0.05, 0) is 37.2 Å². The Balaban J connectivity index is 1.40. The molecular weight excluding hydrogens is 352 g/mol. The maximum Gasteiger partial charge on any atom is 0.250 e. The number of amides is 1. The fourth-order valence-corrected chi connectivity index (χ4v) is 3.30. The smallest absolute Gasteiger partial charge is 0.250 e. The molecule has 0 atom stereocenters. The normalized spacial score (nSPS) is 15.7. The number of aromatic nitrogens is 3. The van der Waals surface area contributed by atoms with Crippen LogP contribution in [0.15, 0.2) is 23.8 Å². The molecule has 4 rings (SSSR count). The van der Waals surface area contributed by atoms with Crippen molar-refractivity contribution >= 4 is 24.2 Å². The van der Waals surface area contributed by atoms with E-state index in [1.807, 2.05) is 28.8 Å². The predicted molar refractivity (Wildman–Crippen MR) is 98.9 cm³/mol. The van der Waals surface area contributed by atoms with Gasteiger partial charge in [0, 0.05) is 24.6 Å². The van der Waals surface area contributed by atoms with Crippen LogP contribution in [-0.4, -0.2) is 40.9 Å². The Morgan fingerprint density at radius 1 is 1.50 bits per heavy atom. The number of aromatic amines is 1. The minimum atomic E-state index is -0.138. The molecule has 8 heteroatoms. The van der Waals surface area contributed by atoms with E-state index in [-0.39, 0.29) is 12.5 Å². The first-order valence-electron chi connectivity index (χ1n) is 8.61. The molecule has 1 aromatic carbocycles. The molecule has 7 nitrogen and oxygen atoms in total. The Morgan fingerprint density at radius 2 is 2.35 bits per heavy atom. The zero-order valence-corrected chi connectivity index (χ0v) is 15.3. The third kappa shape index (κ3) is 3.24. The summed E-state index contributed by atoms with van der Waals surface area (Å²) in [7, 11) is 1.60. The van der Waals surface area contributed by atoms with Crippen molar-refractivity contribution in [3.8, 4) is 11.5 Å². The summed E-state index contributed by atoms with van der Waals surface area (Å²) in [5, 5.41) is 10.1. The Bertz CT molecular complexity index is 927. The summed E-state index contributed by atoms with van der Waals surface area (Å²) in [5.74, 6) is 2.69. The molecule has 0 spiro atoms. The Hall–Kier alpha value is -2.61. The highest BCUT2D eigenvalue weighted by Gasteiger charge is 2.29. The molecule has 1 amide bonds. The number of methoxy groups -OCH3 is 1. The zero-order chi connectivity index (χ0) is 18.1. The highest BCUT2D eigenvalue weighted by Crippen LogP contribution is 2.38. The van der Waals surface area contributed by atoms with Crippen molar-refractivity contribution in [2.24, 2.45) is 0 Å². The minimum Gasteiger partial charge on any atom is -0.493 e. The summed E-state index contributed by atoms with van der Waals surface area (Å²) in [6.07, 6.45) is 4.15. The summed E-state index contributed by atoms with van der Waals surface area (Å²) in [5.41, 5.74) is 1.43. The van der Waals surface area contributed by atoms with E-state index in [0.717, 1.165) is 24.2 Å². The number of carbonyl (C=O) groups excluding carboxylic acids is 1. The second-order valence-corrected chi connectivity index (χ2v) is 6.79. The Labute approximate surface area is 156 Å². The van der Waals surface area contributed by atoms with E-state index in [0.29, 0.717) is 40.9 Å². The number of rotatable bonds is 6. The number of fused-ring (bicyclic) bond motifs is 1. The second-order valence-electron chi connectivity index (χ2n) is 6.41. The van der Waals surface area contributed by atoms with E-state index in [1.165, 1.54) is 0 Å². The van der Waals surface area contributed by atoms with Gasteiger partial charge in [-0.1, -0.05) is 12.1 Å². The SMILES string of the molecule is COc1cccc2c1OCC(C(=O)NCCn1c(C3CC3)n[nH]c1=S)=C2. The Kier molecular flexibility index (Phi) is 4.50. The van der Waals surface area contributed by atoms with Crippen LogP contribution >= 0.6 is 12.2 Å².